The minimum Gasteiger partial charge on any atom is -0.494 e. The van der Waals surface area contributed by atoms with Gasteiger partial charge in [0.05, 0.1) is 12.6 Å². The van der Waals surface area contributed by atoms with Gasteiger partial charge in [0.25, 0.3) is 0 Å². The van der Waals surface area contributed by atoms with Crippen molar-refractivity contribution < 1.29 is 9.26 Å². The highest BCUT2D eigenvalue weighted by atomic mass is 16.5. The lowest BCUT2D eigenvalue weighted by Crippen LogP contribution is -2.13. The molecule has 0 spiro atoms. The number of rotatable bonds is 4. The van der Waals surface area contributed by atoms with Gasteiger partial charge in [0.2, 0.25) is 5.89 Å². The number of benzene rings is 1. The maximum absolute atomic E-state index is 6.03. The Morgan fingerprint density at radius 3 is 2.59 bits per heavy atom. The predicted molar refractivity (Wildman–Crippen MR) is 62.7 cm³/mol. The molecule has 0 aliphatic carbocycles. The summed E-state index contributed by atoms with van der Waals surface area (Å²) in [5.74, 6) is 1.83. The molecule has 1 unspecified atom stereocenters. The lowest BCUT2D eigenvalue weighted by atomic mass is 10.1. The Morgan fingerprint density at radius 1 is 1.35 bits per heavy atom. The molecule has 0 fully saturated rings. The number of aromatic nitrogens is 2. The summed E-state index contributed by atoms with van der Waals surface area (Å²) in [6.45, 7) is 4.33. The molecule has 2 N–H and O–H groups in total. The highest BCUT2D eigenvalue weighted by Gasteiger charge is 2.14. The molecule has 17 heavy (non-hydrogen) atoms. The molecule has 90 valence electrons. The van der Waals surface area contributed by atoms with E-state index in [2.05, 4.69) is 10.1 Å². The topological polar surface area (TPSA) is 74.2 Å². The lowest BCUT2D eigenvalue weighted by molar-refractivity contribution is 0.340. The molecular formula is C12H15N3O2. The number of ether oxygens (including phenoxy) is 1. The second-order valence-electron chi connectivity index (χ2n) is 3.65. The molecule has 2 rings (SSSR count). The molecule has 5 nitrogen and oxygen atoms in total. The van der Waals surface area contributed by atoms with Crippen LogP contribution in [0.15, 0.2) is 28.8 Å². The van der Waals surface area contributed by atoms with E-state index >= 15 is 0 Å². The summed E-state index contributed by atoms with van der Waals surface area (Å²) in [6, 6.07) is 7.20. The van der Waals surface area contributed by atoms with Gasteiger partial charge in [0, 0.05) is 6.92 Å². The van der Waals surface area contributed by atoms with Crippen LogP contribution in [0, 0.1) is 6.92 Å². The van der Waals surface area contributed by atoms with Crippen molar-refractivity contribution in [2.45, 2.75) is 19.9 Å². The minimum absolute atomic E-state index is 0.372. The summed E-state index contributed by atoms with van der Waals surface area (Å²) in [6.07, 6.45) is 0. The molecule has 0 saturated heterocycles. The van der Waals surface area contributed by atoms with Gasteiger partial charge in [-0.3, -0.25) is 0 Å². The van der Waals surface area contributed by atoms with Crippen molar-refractivity contribution >= 4 is 0 Å². The monoisotopic (exact) mass is 233 g/mol. The van der Waals surface area contributed by atoms with Gasteiger partial charge in [-0.1, -0.05) is 17.3 Å². The SMILES string of the molecule is CCOc1ccc(C(N)c2noc(C)n2)cc1. The van der Waals surface area contributed by atoms with Gasteiger partial charge in [-0.05, 0) is 24.6 Å². The molecule has 0 amide bonds. The van der Waals surface area contributed by atoms with E-state index in [0.717, 1.165) is 11.3 Å². The van der Waals surface area contributed by atoms with Crippen LogP contribution in [-0.4, -0.2) is 16.7 Å². The molecule has 0 radical (unpaired) electrons. The Hall–Kier alpha value is -1.88. The Kier molecular flexibility index (Phi) is 3.39. The van der Waals surface area contributed by atoms with E-state index in [1.165, 1.54) is 0 Å². The summed E-state index contributed by atoms with van der Waals surface area (Å²) in [4.78, 5) is 4.11. The van der Waals surface area contributed by atoms with Crippen molar-refractivity contribution in [3.8, 4) is 5.75 Å². The van der Waals surface area contributed by atoms with E-state index in [1.54, 1.807) is 6.92 Å². The lowest BCUT2D eigenvalue weighted by Gasteiger charge is -2.08. The number of hydrogen-bond acceptors (Lipinski definition) is 5. The summed E-state index contributed by atoms with van der Waals surface area (Å²) >= 11 is 0. The van der Waals surface area contributed by atoms with Crippen LogP contribution in [0.5, 0.6) is 5.75 Å². The number of nitrogens with two attached hydrogens (primary N) is 1. The van der Waals surface area contributed by atoms with Gasteiger partial charge < -0.3 is 15.0 Å². The average molecular weight is 233 g/mol. The molecule has 1 aromatic carbocycles. The summed E-state index contributed by atoms with van der Waals surface area (Å²) in [5.41, 5.74) is 6.95. The quantitative estimate of drug-likeness (QED) is 0.871. The van der Waals surface area contributed by atoms with E-state index in [-0.39, 0.29) is 6.04 Å². The van der Waals surface area contributed by atoms with Gasteiger partial charge >= 0.3 is 0 Å². The Morgan fingerprint density at radius 2 is 2.06 bits per heavy atom. The first-order chi connectivity index (χ1) is 8.20. The first kappa shape index (κ1) is 11.6. The highest BCUT2D eigenvalue weighted by molar-refractivity contribution is 5.31. The summed E-state index contributed by atoms with van der Waals surface area (Å²) in [5, 5.41) is 3.81. The van der Waals surface area contributed by atoms with E-state index < -0.39 is 0 Å². The van der Waals surface area contributed by atoms with Crippen LogP contribution >= 0.6 is 0 Å². The molecule has 2 aromatic rings. The third-order valence-corrected chi connectivity index (χ3v) is 2.37. The Bertz CT molecular complexity index is 479. The van der Waals surface area contributed by atoms with Crippen LogP contribution in [0.1, 0.15) is 30.2 Å². The minimum atomic E-state index is -0.372. The molecule has 0 bridgehead atoms. The molecule has 1 heterocycles. The molecule has 0 aliphatic heterocycles. The van der Waals surface area contributed by atoms with Crippen LogP contribution in [0.4, 0.5) is 0 Å². The fourth-order valence-electron chi connectivity index (χ4n) is 1.53. The first-order valence-electron chi connectivity index (χ1n) is 5.49. The van der Waals surface area contributed by atoms with Crippen molar-refractivity contribution in [2.75, 3.05) is 6.61 Å². The fraction of sp³-hybridized carbons (Fsp3) is 0.333. The third-order valence-electron chi connectivity index (χ3n) is 2.37. The van der Waals surface area contributed by atoms with Crippen LogP contribution in [-0.2, 0) is 0 Å². The zero-order valence-corrected chi connectivity index (χ0v) is 9.88. The van der Waals surface area contributed by atoms with Gasteiger partial charge in [0.1, 0.15) is 5.75 Å². The largest absolute Gasteiger partial charge is 0.494 e. The smallest absolute Gasteiger partial charge is 0.223 e. The molecule has 1 atom stereocenters. The third kappa shape index (κ3) is 2.62. The van der Waals surface area contributed by atoms with Crippen molar-refractivity contribution in [2.24, 2.45) is 5.73 Å². The standard InChI is InChI=1S/C12H15N3O2/c1-3-16-10-6-4-9(5-7-10)11(13)12-14-8(2)17-15-12/h4-7,11H,3,13H2,1-2H3. The van der Waals surface area contributed by atoms with Crippen LogP contribution in [0.25, 0.3) is 0 Å². The fourth-order valence-corrected chi connectivity index (χ4v) is 1.53. The van der Waals surface area contributed by atoms with E-state index in [0.29, 0.717) is 18.3 Å². The van der Waals surface area contributed by atoms with Gasteiger partial charge in [-0.25, -0.2) is 0 Å². The first-order valence-corrected chi connectivity index (χ1v) is 5.49. The molecule has 5 heteroatoms. The van der Waals surface area contributed by atoms with Crippen molar-refractivity contribution in [3.05, 3.63) is 41.5 Å². The molecule has 0 saturated carbocycles. The van der Waals surface area contributed by atoms with Gasteiger partial charge in [-0.2, -0.15) is 4.98 Å². The second kappa shape index (κ2) is 4.97. The molecular weight excluding hydrogens is 218 g/mol. The van der Waals surface area contributed by atoms with Crippen molar-refractivity contribution in [3.63, 3.8) is 0 Å². The van der Waals surface area contributed by atoms with Gasteiger partial charge in [0.15, 0.2) is 5.82 Å². The van der Waals surface area contributed by atoms with Crippen LogP contribution in [0.3, 0.4) is 0 Å². The average Bonchev–Trinajstić information content (AvgIpc) is 2.76. The molecule has 0 aliphatic rings. The van der Waals surface area contributed by atoms with Crippen molar-refractivity contribution in [1.82, 2.24) is 10.1 Å². The number of hydrogen-bond donors (Lipinski definition) is 1. The summed E-state index contributed by atoms with van der Waals surface area (Å²) in [7, 11) is 0. The highest BCUT2D eigenvalue weighted by Crippen LogP contribution is 2.20. The normalized spacial score (nSPS) is 12.4. The molecule has 1 aromatic heterocycles. The van der Waals surface area contributed by atoms with Crippen molar-refractivity contribution in [1.29, 1.82) is 0 Å². The zero-order chi connectivity index (χ0) is 12.3. The van der Waals surface area contributed by atoms with E-state index in [1.807, 2.05) is 31.2 Å². The number of nitrogens with zero attached hydrogens (tertiary/aromatic N) is 2. The maximum atomic E-state index is 6.03. The van der Waals surface area contributed by atoms with Crippen LogP contribution in [0.2, 0.25) is 0 Å². The van der Waals surface area contributed by atoms with E-state index in [9.17, 15) is 0 Å². The van der Waals surface area contributed by atoms with Crippen LogP contribution < -0.4 is 10.5 Å². The Labute approximate surface area is 99.6 Å². The number of aryl methyl sites for hydroxylation is 1. The summed E-state index contributed by atoms with van der Waals surface area (Å²) < 4.78 is 10.3. The van der Waals surface area contributed by atoms with E-state index in [4.69, 9.17) is 15.0 Å². The Balaban J connectivity index is 2.16. The second-order valence-corrected chi connectivity index (χ2v) is 3.65. The predicted octanol–water partition coefficient (Wildman–Crippen LogP) is 1.82. The zero-order valence-electron chi connectivity index (χ0n) is 9.88. The maximum Gasteiger partial charge on any atom is 0.223 e. The van der Waals surface area contributed by atoms with Gasteiger partial charge in [-0.15, -0.1) is 0 Å².